The van der Waals surface area contributed by atoms with E-state index in [0.717, 1.165) is 16.5 Å². The Morgan fingerprint density at radius 1 is 1.19 bits per heavy atom. The molecule has 2 aromatic carbocycles. The number of nitrogens with zero attached hydrogens (tertiary/aromatic N) is 1. The van der Waals surface area contributed by atoms with Gasteiger partial charge in [-0.2, -0.15) is 0 Å². The maximum Gasteiger partial charge on any atom is 0.256 e. The van der Waals surface area contributed by atoms with Crippen LogP contribution < -0.4 is 0 Å². The standard InChI is InChI=1S/C17H16N2O2/c1-19(11-12-4-2-6-14(20)10-12)17(21)15-7-3-5-13-8-9-18-16(13)15/h2-10,18,20H,11H2,1H3. The summed E-state index contributed by atoms with van der Waals surface area (Å²) in [5.74, 6) is 0.159. The molecule has 4 nitrogen and oxygen atoms in total. The molecule has 0 radical (unpaired) electrons. The monoisotopic (exact) mass is 280 g/mol. The van der Waals surface area contributed by atoms with E-state index in [-0.39, 0.29) is 11.7 Å². The fourth-order valence-electron chi connectivity index (χ4n) is 2.47. The van der Waals surface area contributed by atoms with Gasteiger partial charge in [-0.3, -0.25) is 4.79 Å². The number of carbonyl (C=O) groups excluding carboxylic acids is 1. The van der Waals surface area contributed by atoms with Gasteiger partial charge in [-0.1, -0.05) is 24.3 Å². The van der Waals surface area contributed by atoms with Gasteiger partial charge < -0.3 is 15.0 Å². The van der Waals surface area contributed by atoms with Crippen molar-refractivity contribution in [1.82, 2.24) is 9.88 Å². The molecule has 4 heteroatoms. The topological polar surface area (TPSA) is 56.3 Å². The van der Waals surface area contributed by atoms with E-state index in [1.54, 1.807) is 30.1 Å². The van der Waals surface area contributed by atoms with E-state index >= 15 is 0 Å². The lowest BCUT2D eigenvalue weighted by Gasteiger charge is -2.18. The summed E-state index contributed by atoms with van der Waals surface area (Å²) in [6, 6.07) is 14.6. The van der Waals surface area contributed by atoms with E-state index in [1.165, 1.54) is 0 Å². The minimum absolute atomic E-state index is 0.0496. The van der Waals surface area contributed by atoms with Crippen molar-refractivity contribution in [1.29, 1.82) is 0 Å². The van der Waals surface area contributed by atoms with E-state index in [2.05, 4.69) is 4.98 Å². The maximum absolute atomic E-state index is 12.6. The Morgan fingerprint density at radius 2 is 2.00 bits per heavy atom. The molecule has 1 amide bonds. The van der Waals surface area contributed by atoms with Gasteiger partial charge in [0.15, 0.2) is 0 Å². The van der Waals surface area contributed by atoms with Crippen LogP contribution in [0.3, 0.4) is 0 Å². The molecule has 1 heterocycles. The first-order valence-electron chi connectivity index (χ1n) is 6.74. The third-order valence-electron chi connectivity index (χ3n) is 3.49. The Bertz CT molecular complexity index is 792. The fourth-order valence-corrected chi connectivity index (χ4v) is 2.47. The summed E-state index contributed by atoms with van der Waals surface area (Å²) in [6.07, 6.45) is 1.83. The van der Waals surface area contributed by atoms with Crippen molar-refractivity contribution in [3.63, 3.8) is 0 Å². The second-order valence-corrected chi connectivity index (χ2v) is 5.08. The largest absolute Gasteiger partial charge is 0.508 e. The van der Waals surface area contributed by atoms with Gasteiger partial charge in [0.2, 0.25) is 0 Å². The van der Waals surface area contributed by atoms with Gasteiger partial charge in [0.05, 0.1) is 11.1 Å². The highest BCUT2D eigenvalue weighted by Gasteiger charge is 2.15. The van der Waals surface area contributed by atoms with E-state index in [4.69, 9.17) is 0 Å². The van der Waals surface area contributed by atoms with Crippen LogP contribution in [0.2, 0.25) is 0 Å². The van der Waals surface area contributed by atoms with Gasteiger partial charge in [0.1, 0.15) is 5.75 Å². The highest BCUT2D eigenvalue weighted by atomic mass is 16.3. The van der Waals surface area contributed by atoms with Crippen LogP contribution in [0.1, 0.15) is 15.9 Å². The minimum atomic E-state index is -0.0496. The number of aromatic nitrogens is 1. The lowest BCUT2D eigenvalue weighted by Crippen LogP contribution is -2.26. The van der Waals surface area contributed by atoms with Crippen LogP contribution >= 0.6 is 0 Å². The SMILES string of the molecule is CN(Cc1cccc(O)c1)C(=O)c1cccc2cc[nH]c12. The zero-order valence-corrected chi connectivity index (χ0v) is 11.7. The first kappa shape index (κ1) is 13.2. The number of para-hydroxylation sites is 1. The summed E-state index contributed by atoms with van der Waals surface area (Å²) in [6.45, 7) is 0.449. The molecule has 0 saturated heterocycles. The molecule has 0 bridgehead atoms. The van der Waals surface area contributed by atoms with E-state index in [9.17, 15) is 9.90 Å². The number of aromatic amines is 1. The molecule has 0 spiro atoms. The van der Waals surface area contributed by atoms with E-state index in [1.807, 2.05) is 36.5 Å². The number of phenolic OH excluding ortho intramolecular Hbond substituents is 1. The van der Waals surface area contributed by atoms with Crippen LogP contribution in [-0.2, 0) is 6.54 Å². The number of hydrogen-bond acceptors (Lipinski definition) is 2. The van der Waals surface area contributed by atoms with Crippen molar-refractivity contribution < 1.29 is 9.90 Å². The number of nitrogens with one attached hydrogen (secondary N) is 1. The highest BCUT2D eigenvalue weighted by molar-refractivity contribution is 6.05. The Hall–Kier alpha value is -2.75. The molecule has 0 unspecified atom stereocenters. The predicted octanol–water partition coefficient (Wildman–Crippen LogP) is 3.15. The molecule has 0 aliphatic rings. The van der Waals surface area contributed by atoms with Crippen LogP contribution in [0.15, 0.2) is 54.7 Å². The molecule has 106 valence electrons. The first-order valence-corrected chi connectivity index (χ1v) is 6.74. The van der Waals surface area contributed by atoms with Gasteiger partial charge in [0, 0.05) is 25.2 Å². The predicted molar refractivity (Wildman–Crippen MR) is 82.2 cm³/mol. The van der Waals surface area contributed by atoms with Crippen molar-refractivity contribution in [2.75, 3.05) is 7.05 Å². The number of aromatic hydroxyl groups is 1. The number of benzene rings is 2. The second-order valence-electron chi connectivity index (χ2n) is 5.08. The Morgan fingerprint density at radius 3 is 2.81 bits per heavy atom. The number of hydrogen-bond donors (Lipinski definition) is 2. The van der Waals surface area contributed by atoms with Gasteiger partial charge in [-0.25, -0.2) is 0 Å². The summed E-state index contributed by atoms with van der Waals surface area (Å²) < 4.78 is 0. The van der Waals surface area contributed by atoms with Gasteiger partial charge >= 0.3 is 0 Å². The molecular formula is C17H16N2O2. The highest BCUT2D eigenvalue weighted by Crippen LogP contribution is 2.19. The van der Waals surface area contributed by atoms with Crippen LogP contribution in [0, 0.1) is 0 Å². The summed E-state index contributed by atoms with van der Waals surface area (Å²) in [5, 5.41) is 10.5. The summed E-state index contributed by atoms with van der Waals surface area (Å²) in [5.41, 5.74) is 2.40. The zero-order chi connectivity index (χ0) is 14.8. The summed E-state index contributed by atoms with van der Waals surface area (Å²) in [4.78, 5) is 17.3. The molecule has 0 saturated carbocycles. The van der Waals surface area contributed by atoms with Crippen LogP contribution in [0.5, 0.6) is 5.75 Å². The lowest BCUT2D eigenvalue weighted by molar-refractivity contribution is 0.0786. The van der Waals surface area contributed by atoms with Crippen molar-refractivity contribution in [3.05, 3.63) is 65.9 Å². The van der Waals surface area contributed by atoms with Crippen LogP contribution in [0.4, 0.5) is 0 Å². The first-order chi connectivity index (χ1) is 10.1. The molecule has 2 N–H and O–H groups in total. The van der Waals surface area contributed by atoms with Crippen molar-refractivity contribution >= 4 is 16.8 Å². The molecule has 3 rings (SSSR count). The van der Waals surface area contributed by atoms with Crippen molar-refractivity contribution in [3.8, 4) is 5.75 Å². The molecule has 0 fully saturated rings. The number of carbonyl (C=O) groups is 1. The van der Waals surface area contributed by atoms with Crippen LogP contribution in [0.25, 0.3) is 10.9 Å². The quantitative estimate of drug-likeness (QED) is 0.774. The third-order valence-corrected chi connectivity index (χ3v) is 3.49. The Kier molecular flexibility index (Phi) is 3.36. The van der Waals surface area contributed by atoms with Gasteiger partial charge in [0.25, 0.3) is 5.91 Å². The fraction of sp³-hybridized carbons (Fsp3) is 0.118. The second kappa shape index (κ2) is 5.32. The molecule has 21 heavy (non-hydrogen) atoms. The minimum Gasteiger partial charge on any atom is -0.508 e. The van der Waals surface area contributed by atoms with Crippen molar-refractivity contribution in [2.24, 2.45) is 0 Å². The number of fused-ring (bicyclic) bond motifs is 1. The zero-order valence-electron chi connectivity index (χ0n) is 11.7. The Balaban J connectivity index is 1.86. The normalized spacial score (nSPS) is 10.7. The molecule has 0 atom stereocenters. The average Bonchev–Trinajstić information content (AvgIpc) is 2.94. The lowest BCUT2D eigenvalue weighted by atomic mass is 10.1. The van der Waals surface area contributed by atoms with E-state index < -0.39 is 0 Å². The molecule has 3 aromatic rings. The number of phenols is 1. The van der Waals surface area contributed by atoms with Crippen LogP contribution in [-0.4, -0.2) is 27.9 Å². The number of amides is 1. The smallest absolute Gasteiger partial charge is 0.256 e. The van der Waals surface area contributed by atoms with Crippen molar-refractivity contribution in [2.45, 2.75) is 6.54 Å². The third kappa shape index (κ3) is 2.60. The number of H-pyrrole nitrogens is 1. The van der Waals surface area contributed by atoms with Gasteiger partial charge in [-0.15, -0.1) is 0 Å². The maximum atomic E-state index is 12.6. The summed E-state index contributed by atoms with van der Waals surface area (Å²) >= 11 is 0. The summed E-state index contributed by atoms with van der Waals surface area (Å²) in [7, 11) is 1.76. The molecule has 1 aromatic heterocycles. The molecular weight excluding hydrogens is 264 g/mol. The molecule has 0 aliphatic heterocycles. The van der Waals surface area contributed by atoms with E-state index in [0.29, 0.717) is 12.1 Å². The number of rotatable bonds is 3. The average molecular weight is 280 g/mol. The Labute approximate surface area is 122 Å². The molecule has 0 aliphatic carbocycles. The van der Waals surface area contributed by atoms with Gasteiger partial charge in [-0.05, 0) is 29.8 Å².